The first-order valence-electron chi connectivity index (χ1n) is 8.69. The van der Waals surface area contributed by atoms with Crippen molar-refractivity contribution in [2.75, 3.05) is 12.3 Å². The Bertz CT molecular complexity index is 1080. The zero-order valence-corrected chi connectivity index (χ0v) is 14.0. The van der Waals surface area contributed by atoms with Crippen LogP contribution in [-0.2, 0) is 4.74 Å². The fourth-order valence-electron chi connectivity index (χ4n) is 2.95. The molecule has 1 aromatic carbocycles. The molecule has 0 saturated carbocycles. The largest absolute Gasteiger partial charge is 0.394 e. The summed E-state index contributed by atoms with van der Waals surface area (Å²) in [4.78, 5) is 12.4. The van der Waals surface area contributed by atoms with Gasteiger partial charge in [0.1, 0.15) is 24.6 Å². The lowest BCUT2D eigenvalue weighted by atomic mass is 10.1. The van der Waals surface area contributed by atoms with Gasteiger partial charge in [-0.1, -0.05) is 24.1 Å². The highest BCUT2D eigenvalue weighted by atomic mass is 16.6. The van der Waals surface area contributed by atoms with Crippen molar-refractivity contribution in [2.24, 2.45) is 0 Å². The molecule has 0 amide bonds. The SMILES string of the molecule is [3H]c1ccc(C#Cc2nc3c(N)ncnc3n2[C@@H]2O[C@H](CO)[C@H](O)C2O)cc1. The summed E-state index contributed by atoms with van der Waals surface area (Å²) in [5.41, 5.74) is 7.12. The average molecular weight is 369 g/mol. The quantitative estimate of drug-likeness (QED) is 0.440. The van der Waals surface area contributed by atoms with Crippen molar-refractivity contribution in [2.45, 2.75) is 24.5 Å². The molecule has 1 unspecified atom stereocenters. The summed E-state index contributed by atoms with van der Waals surface area (Å²) in [7, 11) is 0. The fraction of sp³-hybridized carbons (Fsp3) is 0.278. The molecule has 0 spiro atoms. The summed E-state index contributed by atoms with van der Waals surface area (Å²) >= 11 is 0. The predicted molar refractivity (Wildman–Crippen MR) is 95.2 cm³/mol. The summed E-state index contributed by atoms with van der Waals surface area (Å²) in [5, 5.41) is 29.9. The Morgan fingerprint density at radius 2 is 2.00 bits per heavy atom. The second-order valence-electron chi connectivity index (χ2n) is 6.00. The van der Waals surface area contributed by atoms with E-state index >= 15 is 0 Å². The number of ether oxygens (including phenoxy) is 1. The van der Waals surface area contributed by atoms with E-state index in [1.54, 1.807) is 24.3 Å². The van der Waals surface area contributed by atoms with E-state index in [0.717, 1.165) is 0 Å². The number of rotatable bonds is 2. The maximum absolute atomic E-state index is 10.4. The van der Waals surface area contributed by atoms with Gasteiger partial charge in [-0.3, -0.25) is 4.57 Å². The van der Waals surface area contributed by atoms with Gasteiger partial charge >= 0.3 is 0 Å². The van der Waals surface area contributed by atoms with E-state index in [1.807, 2.05) is 0 Å². The Morgan fingerprint density at radius 1 is 1.22 bits per heavy atom. The number of imidazole rings is 1. The lowest BCUT2D eigenvalue weighted by Crippen LogP contribution is -2.33. The van der Waals surface area contributed by atoms with Crippen molar-refractivity contribution in [3.8, 4) is 11.8 Å². The molecule has 0 bridgehead atoms. The van der Waals surface area contributed by atoms with E-state index in [9.17, 15) is 15.3 Å². The maximum atomic E-state index is 10.4. The summed E-state index contributed by atoms with van der Waals surface area (Å²) in [6.07, 6.45) is -3.37. The van der Waals surface area contributed by atoms with Gasteiger partial charge in [-0.05, 0) is 18.1 Å². The molecule has 0 radical (unpaired) electrons. The Balaban J connectivity index is 1.84. The van der Waals surface area contributed by atoms with Crippen LogP contribution in [0.1, 0.15) is 19.0 Å². The van der Waals surface area contributed by atoms with Gasteiger partial charge in [-0.2, -0.15) is 0 Å². The first kappa shape index (κ1) is 16.2. The molecule has 138 valence electrons. The van der Waals surface area contributed by atoms with Gasteiger partial charge in [0.2, 0.25) is 0 Å². The summed E-state index contributed by atoms with van der Waals surface area (Å²) in [6, 6.07) is 6.99. The Kier molecular flexibility index (Phi) is 4.16. The number of anilines is 1. The highest BCUT2D eigenvalue weighted by molar-refractivity contribution is 5.82. The van der Waals surface area contributed by atoms with Gasteiger partial charge in [0.25, 0.3) is 0 Å². The molecule has 1 aliphatic rings. The number of benzene rings is 1. The molecular weight excluding hydrogens is 350 g/mol. The molecule has 1 fully saturated rings. The minimum atomic E-state index is -1.33. The normalized spacial score (nSPS) is 25.2. The van der Waals surface area contributed by atoms with Crippen LogP contribution >= 0.6 is 0 Å². The molecule has 9 nitrogen and oxygen atoms in total. The Hall–Kier alpha value is -3.03. The second kappa shape index (κ2) is 6.94. The number of nitrogen functional groups attached to an aromatic ring is 1. The average Bonchev–Trinajstić information content (AvgIpc) is 3.20. The van der Waals surface area contributed by atoms with E-state index in [0.29, 0.717) is 11.6 Å². The van der Waals surface area contributed by atoms with Crippen LogP contribution in [0.4, 0.5) is 5.82 Å². The number of nitrogens with zero attached hydrogens (tertiary/aromatic N) is 4. The lowest BCUT2D eigenvalue weighted by Gasteiger charge is -2.17. The van der Waals surface area contributed by atoms with Crippen LogP contribution in [0.5, 0.6) is 0 Å². The number of aliphatic hydroxyl groups is 3. The molecule has 5 N–H and O–H groups in total. The zero-order valence-electron chi connectivity index (χ0n) is 15.0. The topological polar surface area (TPSA) is 140 Å². The van der Waals surface area contributed by atoms with Crippen molar-refractivity contribution in [1.29, 1.82) is 0 Å². The van der Waals surface area contributed by atoms with Crippen molar-refractivity contribution in [3.63, 3.8) is 0 Å². The van der Waals surface area contributed by atoms with E-state index in [2.05, 4.69) is 26.8 Å². The third-order valence-electron chi connectivity index (χ3n) is 4.31. The molecule has 1 saturated heterocycles. The monoisotopic (exact) mass is 369 g/mol. The predicted octanol–water partition coefficient (Wildman–Crippen LogP) is -0.580. The standard InChI is InChI=1S/C18H17N5O4/c19-16-13-17(21-9-20-16)23(18-15(26)14(25)11(8-24)27-18)12(22-13)7-6-10-4-2-1-3-5-10/h1-5,9,11,14-15,18,24-26H,8H2,(H2,19,20,21)/t11-,14+,15?,18-/m1/s1/i1T. The van der Waals surface area contributed by atoms with Crippen LogP contribution in [0, 0.1) is 11.8 Å². The molecule has 1 aliphatic heterocycles. The molecule has 27 heavy (non-hydrogen) atoms. The molecule has 9 heteroatoms. The molecule has 2 aromatic heterocycles. The van der Waals surface area contributed by atoms with Crippen molar-refractivity contribution < 1.29 is 21.4 Å². The van der Waals surface area contributed by atoms with E-state index < -0.39 is 31.1 Å². The number of hydrogen-bond acceptors (Lipinski definition) is 8. The molecule has 3 aromatic rings. The van der Waals surface area contributed by atoms with Gasteiger partial charge < -0.3 is 25.8 Å². The highest BCUT2D eigenvalue weighted by Gasteiger charge is 2.44. The van der Waals surface area contributed by atoms with E-state index in [4.69, 9.17) is 11.8 Å². The third-order valence-corrected chi connectivity index (χ3v) is 4.31. The molecule has 0 aliphatic carbocycles. The van der Waals surface area contributed by atoms with Gasteiger partial charge in [0, 0.05) is 5.56 Å². The number of nitrogens with two attached hydrogens (primary N) is 1. The van der Waals surface area contributed by atoms with Gasteiger partial charge in [0.05, 0.1) is 7.98 Å². The van der Waals surface area contributed by atoms with Crippen LogP contribution in [0.15, 0.2) is 36.6 Å². The lowest BCUT2D eigenvalue weighted by molar-refractivity contribution is -0.0514. The first-order chi connectivity index (χ1) is 13.5. The van der Waals surface area contributed by atoms with E-state index in [-0.39, 0.29) is 22.8 Å². The van der Waals surface area contributed by atoms with Crippen LogP contribution in [-0.4, -0.2) is 59.8 Å². The van der Waals surface area contributed by atoms with Crippen LogP contribution in [0.3, 0.4) is 0 Å². The number of aliphatic hydroxyl groups excluding tert-OH is 3. The third kappa shape index (κ3) is 3.01. The maximum Gasteiger partial charge on any atom is 0.190 e. The second-order valence-corrected chi connectivity index (χ2v) is 6.00. The van der Waals surface area contributed by atoms with Gasteiger partial charge in [-0.25, -0.2) is 15.0 Å². The smallest absolute Gasteiger partial charge is 0.190 e. The number of aromatic nitrogens is 4. The molecule has 3 heterocycles. The number of fused-ring (bicyclic) bond motifs is 1. The molecular formula is C18H17N5O4. The zero-order chi connectivity index (χ0) is 19.8. The Labute approximate surface area is 155 Å². The molecule has 4 atom stereocenters. The van der Waals surface area contributed by atoms with Crippen molar-refractivity contribution >= 4 is 17.0 Å². The molecule has 4 rings (SSSR count). The minimum absolute atomic E-state index is 0.136. The van der Waals surface area contributed by atoms with Gasteiger partial charge in [-0.15, -0.1) is 0 Å². The van der Waals surface area contributed by atoms with Crippen molar-refractivity contribution in [1.82, 2.24) is 19.5 Å². The van der Waals surface area contributed by atoms with E-state index in [1.165, 1.54) is 10.9 Å². The van der Waals surface area contributed by atoms with Crippen LogP contribution in [0.2, 0.25) is 0 Å². The summed E-state index contributed by atoms with van der Waals surface area (Å²) < 4.78 is 14.6. The van der Waals surface area contributed by atoms with Crippen LogP contribution < -0.4 is 5.73 Å². The Morgan fingerprint density at radius 3 is 2.70 bits per heavy atom. The van der Waals surface area contributed by atoms with Crippen molar-refractivity contribution in [3.05, 3.63) is 48.0 Å². The summed E-state index contributed by atoms with van der Waals surface area (Å²) in [6.45, 7) is -0.459. The number of hydrogen-bond donors (Lipinski definition) is 4. The first-order valence-corrected chi connectivity index (χ1v) is 8.19. The van der Waals surface area contributed by atoms with Gasteiger partial charge in [0.15, 0.2) is 29.0 Å². The summed E-state index contributed by atoms with van der Waals surface area (Å²) in [5.74, 6) is 6.16. The minimum Gasteiger partial charge on any atom is -0.394 e. The fourth-order valence-corrected chi connectivity index (χ4v) is 2.95. The van der Waals surface area contributed by atoms with Crippen LogP contribution in [0.25, 0.3) is 11.2 Å². The highest BCUT2D eigenvalue weighted by Crippen LogP contribution is 2.33.